The summed E-state index contributed by atoms with van der Waals surface area (Å²) >= 11 is 3.25. The van der Waals surface area contributed by atoms with E-state index < -0.39 is 9.05 Å². The summed E-state index contributed by atoms with van der Waals surface area (Å²) in [4.78, 5) is 4.22. The van der Waals surface area contributed by atoms with Crippen LogP contribution >= 0.6 is 26.6 Å². The summed E-state index contributed by atoms with van der Waals surface area (Å²) in [6.07, 6.45) is 0. The van der Waals surface area contributed by atoms with E-state index in [4.69, 9.17) is 20.2 Å². The van der Waals surface area contributed by atoms with Crippen molar-refractivity contribution in [2.75, 3.05) is 7.11 Å². The van der Waals surface area contributed by atoms with Crippen LogP contribution in [0.5, 0.6) is 11.6 Å². The van der Waals surface area contributed by atoms with Gasteiger partial charge in [0.1, 0.15) is 12.4 Å². The quantitative estimate of drug-likeness (QED) is 0.730. The number of pyridine rings is 1. The van der Waals surface area contributed by atoms with Gasteiger partial charge in [-0.05, 0) is 40.2 Å². The van der Waals surface area contributed by atoms with Crippen molar-refractivity contribution in [2.45, 2.75) is 11.5 Å². The Labute approximate surface area is 135 Å². The van der Waals surface area contributed by atoms with E-state index >= 15 is 0 Å². The number of aromatic nitrogens is 1. The van der Waals surface area contributed by atoms with Crippen molar-refractivity contribution >= 4 is 35.7 Å². The highest BCUT2D eigenvalue weighted by Crippen LogP contribution is 2.29. The van der Waals surface area contributed by atoms with E-state index in [1.54, 1.807) is 12.1 Å². The van der Waals surface area contributed by atoms with E-state index in [9.17, 15) is 8.42 Å². The van der Waals surface area contributed by atoms with Gasteiger partial charge in [0.2, 0.25) is 5.88 Å². The number of benzene rings is 1. The Bertz CT molecular complexity index is 752. The molecule has 112 valence electrons. The number of rotatable bonds is 5. The molecule has 2 aromatic rings. The lowest BCUT2D eigenvalue weighted by molar-refractivity contribution is 0.296. The standard InChI is InChI=1S/C13H11BrClNO4S/c1-19-13-4-2-3-9(16-13)8-20-12-6-5-10(7-11(12)14)21(15,17)18/h2-7H,8H2,1H3. The molecule has 0 bridgehead atoms. The van der Waals surface area contributed by atoms with Gasteiger partial charge in [0, 0.05) is 16.7 Å². The lowest BCUT2D eigenvalue weighted by Crippen LogP contribution is -2.00. The topological polar surface area (TPSA) is 65.5 Å². The zero-order valence-corrected chi connectivity index (χ0v) is 14.1. The molecule has 0 atom stereocenters. The Morgan fingerprint density at radius 3 is 2.67 bits per heavy atom. The maximum absolute atomic E-state index is 11.2. The highest BCUT2D eigenvalue weighted by atomic mass is 79.9. The fourth-order valence-corrected chi connectivity index (χ4v) is 2.98. The molecule has 0 radical (unpaired) electrons. The fraction of sp³-hybridized carbons (Fsp3) is 0.154. The lowest BCUT2D eigenvalue weighted by Gasteiger charge is -2.09. The van der Waals surface area contributed by atoms with Gasteiger partial charge in [-0.1, -0.05) is 6.07 Å². The molecule has 0 spiro atoms. The largest absolute Gasteiger partial charge is 0.486 e. The van der Waals surface area contributed by atoms with Crippen molar-refractivity contribution in [3.63, 3.8) is 0 Å². The molecular formula is C13H11BrClNO4S. The van der Waals surface area contributed by atoms with E-state index in [1.165, 1.54) is 25.3 Å². The van der Waals surface area contributed by atoms with Gasteiger partial charge in [0.25, 0.3) is 9.05 Å². The molecule has 0 saturated carbocycles. The smallest absolute Gasteiger partial charge is 0.261 e. The molecular weight excluding hydrogens is 382 g/mol. The first-order valence-electron chi connectivity index (χ1n) is 5.77. The normalized spacial score (nSPS) is 11.2. The van der Waals surface area contributed by atoms with Gasteiger partial charge >= 0.3 is 0 Å². The molecule has 0 amide bonds. The van der Waals surface area contributed by atoms with Crippen molar-refractivity contribution in [3.05, 3.63) is 46.6 Å². The fourth-order valence-electron chi connectivity index (χ4n) is 1.55. The minimum absolute atomic E-state index is 0.00268. The minimum atomic E-state index is -3.76. The third-order valence-corrected chi connectivity index (χ3v) is 4.52. The first kappa shape index (κ1) is 16.1. The van der Waals surface area contributed by atoms with Crippen LogP contribution in [0.3, 0.4) is 0 Å². The number of methoxy groups -OCH3 is 1. The zero-order chi connectivity index (χ0) is 15.5. The third-order valence-electron chi connectivity index (χ3n) is 2.55. The molecule has 0 N–H and O–H groups in total. The van der Waals surface area contributed by atoms with Crippen LogP contribution in [-0.2, 0) is 15.7 Å². The van der Waals surface area contributed by atoms with Crippen molar-refractivity contribution in [1.29, 1.82) is 0 Å². The van der Waals surface area contributed by atoms with Crippen LogP contribution in [0.4, 0.5) is 0 Å². The first-order chi connectivity index (χ1) is 9.90. The predicted octanol–water partition coefficient (Wildman–Crippen LogP) is 3.36. The highest BCUT2D eigenvalue weighted by molar-refractivity contribution is 9.10. The van der Waals surface area contributed by atoms with E-state index in [0.29, 0.717) is 21.8 Å². The maximum atomic E-state index is 11.2. The second-order valence-electron chi connectivity index (χ2n) is 3.99. The highest BCUT2D eigenvalue weighted by Gasteiger charge is 2.12. The molecule has 1 heterocycles. The Balaban J connectivity index is 2.13. The zero-order valence-electron chi connectivity index (χ0n) is 10.9. The number of hydrogen-bond acceptors (Lipinski definition) is 5. The van der Waals surface area contributed by atoms with Crippen LogP contribution < -0.4 is 9.47 Å². The maximum Gasteiger partial charge on any atom is 0.261 e. The van der Waals surface area contributed by atoms with Gasteiger partial charge in [-0.3, -0.25) is 0 Å². The van der Waals surface area contributed by atoms with Gasteiger partial charge in [-0.15, -0.1) is 0 Å². The average molecular weight is 393 g/mol. The van der Waals surface area contributed by atoms with E-state index in [0.717, 1.165) is 0 Å². The summed E-state index contributed by atoms with van der Waals surface area (Å²) < 4.78 is 33.6. The summed E-state index contributed by atoms with van der Waals surface area (Å²) in [7, 11) is 3.05. The van der Waals surface area contributed by atoms with E-state index in [1.807, 2.05) is 6.07 Å². The molecule has 21 heavy (non-hydrogen) atoms. The second-order valence-corrected chi connectivity index (χ2v) is 7.41. The molecule has 8 heteroatoms. The van der Waals surface area contributed by atoms with Crippen LogP contribution in [0.15, 0.2) is 45.8 Å². The molecule has 0 aliphatic rings. The summed E-state index contributed by atoms with van der Waals surface area (Å²) in [6.45, 7) is 0.225. The van der Waals surface area contributed by atoms with Crippen molar-refractivity contribution in [2.24, 2.45) is 0 Å². The summed E-state index contributed by atoms with van der Waals surface area (Å²) in [6, 6.07) is 9.63. The van der Waals surface area contributed by atoms with Crippen LogP contribution in [0, 0.1) is 0 Å². The number of halogens is 2. The molecule has 1 aromatic carbocycles. The Hall–Kier alpha value is -1.31. The molecule has 0 aliphatic carbocycles. The molecule has 0 fully saturated rings. The predicted molar refractivity (Wildman–Crippen MR) is 82.3 cm³/mol. The van der Waals surface area contributed by atoms with Gasteiger partial charge < -0.3 is 9.47 Å². The monoisotopic (exact) mass is 391 g/mol. The Morgan fingerprint density at radius 2 is 2.05 bits per heavy atom. The summed E-state index contributed by atoms with van der Waals surface area (Å²) in [5.41, 5.74) is 0.690. The molecule has 1 aromatic heterocycles. The average Bonchev–Trinajstić information content (AvgIpc) is 2.45. The number of ether oxygens (including phenoxy) is 2. The van der Waals surface area contributed by atoms with E-state index in [-0.39, 0.29) is 11.5 Å². The Morgan fingerprint density at radius 1 is 1.29 bits per heavy atom. The molecule has 5 nitrogen and oxygen atoms in total. The van der Waals surface area contributed by atoms with Crippen LogP contribution in [0.1, 0.15) is 5.69 Å². The van der Waals surface area contributed by atoms with Crippen molar-refractivity contribution in [1.82, 2.24) is 4.98 Å². The van der Waals surface area contributed by atoms with Gasteiger partial charge in [0.15, 0.2) is 0 Å². The van der Waals surface area contributed by atoms with Gasteiger partial charge in [-0.2, -0.15) is 0 Å². The number of hydrogen-bond donors (Lipinski definition) is 0. The van der Waals surface area contributed by atoms with Crippen LogP contribution in [0.25, 0.3) is 0 Å². The molecule has 0 aliphatic heterocycles. The van der Waals surface area contributed by atoms with Gasteiger partial charge in [0.05, 0.1) is 22.2 Å². The van der Waals surface area contributed by atoms with Crippen molar-refractivity contribution < 1.29 is 17.9 Å². The second kappa shape index (κ2) is 6.64. The van der Waals surface area contributed by atoms with E-state index in [2.05, 4.69) is 20.9 Å². The van der Waals surface area contributed by atoms with Crippen molar-refractivity contribution in [3.8, 4) is 11.6 Å². The molecule has 0 unspecified atom stereocenters. The third kappa shape index (κ3) is 4.33. The summed E-state index contributed by atoms with van der Waals surface area (Å²) in [5.74, 6) is 0.988. The minimum Gasteiger partial charge on any atom is -0.486 e. The SMILES string of the molecule is COc1cccc(COc2ccc(S(=O)(=O)Cl)cc2Br)n1. The Kier molecular flexibility index (Phi) is 5.08. The first-order valence-corrected chi connectivity index (χ1v) is 8.87. The molecule has 2 rings (SSSR count). The lowest BCUT2D eigenvalue weighted by atomic mass is 10.3. The number of nitrogens with zero attached hydrogens (tertiary/aromatic N) is 1. The van der Waals surface area contributed by atoms with Crippen LogP contribution in [0.2, 0.25) is 0 Å². The molecule has 0 saturated heterocycles. The van der Waals surface area contributed by atoms with Gasteiger partial charge in [-0.25, -0.2) is 13.4 Å². The van der Waals surface area contributed by atoms with Crippen LogP contribution in [-0.4, -0.2) is 20.5 Å². The summed E-state index contributed by atoms with van der Waals surface area (Å²) in [5, 5.41) is 0.